The molecule has 0 amide bonds. The van der Waals surface area contributed by atoms with Crippen LogP contribution in [-0.2, 0) is 20.7 Å². The smallest absolute Gasteiger partial charge is 0.326 e. The highest BCUT2D eigenvalue weighted by molar-refractivity contribution is 5.81. The average Bonchev–Trinajstić information content (AvgIpc) is 3.48. The molecule has 1 saturated heterocycles. The van der Waals surface area contributed by atoms with Crippen molar-refractivity contribution < 1.29 is 23.7 Å². The zero-order valence-corrected chi connectivity index (χ0v) is 18.7. The molecule has 2 fully saturated rings. The van der Waals surface area contributed by atoms with Crippen LogP contribution in [0.4, 0.5) is 0 Å². The lowest BCUT2D eigenvalue weighted by Crippen LogP contribution is -2.53. The van der Waals surface area contributed by atoms with Gasteiger partial charge < -0.3 is 24.7 Å². The van der Waals surface area contributed by atoms with Crippen LogP contribution in [-0.4, -0.2) is 55.0 Å². The van der Waals surface area contributed by atoms with Crippen LogP contribution in [0.5, 0.6) is 11.5 Å². The summed E-state index contributed by atoms with van der Waals surface area (Å²) in [7, 11) is 1.67. The topological polar surface area (TPSA) is 83.3 Å². The van der Waals surface area contributed by atoms with Gasteiger partial charge in [-0.3, -0.25) is 9.69 Å². The first-order valence-corrected chi connectivity index (χ1v) is 12.0. The lowest BCUT2D eigenvalue weighted by Gasteiger charge is -2.40. The number of rotatable bonds is 3. The van der Waals surface area contributed by atoms with E-state index in [2.05, 4.69) is 23.1 Å². The summed E-state index contributed by atoms with van der Waals surface area (Å²) >= 11 is 0. The first-order valence-electron chi connectivity index (χ1n) is 12.0. The number of ether oxygens (including phenoxy) is 4. The molecule has 1 aromatic carbocycles. The lowest BCUT2D eigenvalue weighted by atomic mass is 9.77. The molecule has 3 heterocycles. The fraction of sp³-hybridized carbons (Fsp3) is 0.640. The zero-order chi connectivity index (χ0) is 21.9. The lowest BCUT2D eigenvalue weighted by molar-refractivity contribution is -0.158. The second-order valence-corrected chi connectivity index (χ2v) is 10.0. The highest BCUT2D eigenvalue weighted by Crippen LogP contribution is 2.55. The highest BCUT2D eigenvalue weighted by atomic mass is 16.7. The molecule has 172 valence electrons. The van der Waals surface area contributed by atoms with Crippen LogP contribution in [0.25, 0.3) is 0 Å². The average molecular weight is 441 g/mol. The van der Waals surface area contributed by atoms with Crippen LogP contribution in [0.15, 0.2) is 24.0 Å². The maximum absolute atomic E-state index is 13.4. The molecule has 2 aliphatic carbocycles. The Hall–Kier alpha value is -2.25. The summed E-state index contributed by atoms with van der Waals surface area (Å²) in [5, 5.41) is 0. The third-order valence-electron chi connectivity index (χ3n) is 8.35. The van der Waals surface area contributed by atoms with E-state index in [1.807, 2.05) is 0 Å². The molecule has 7 heteroatoms. The predicted octanol–water partition coefficient (Wildman–Crippen LogP) is 3.01. The van der Waals surface area contributed by atoms with E-state index in [-0.39, 0.29) is 24.2 Å². The summed E-state index contributed by atoms with van der Waals surface area (Å²) in [5.74, 6) is 1.96. The summed E-state index contributed by atoms with van der Waals surface area (Å²) in [5.41, 5.74) is 7.85. The second-order valence-electron chi connectivity index (χ2n) is 10.0. The summed E-state index contributed by atoms with van der Waals surface area (Å²) < 4.78 is 23.5. The molecular formula is C25H32N2O5. The molecule has 6 rings (SSSR count). The number of hydrogen-bond donors (Lipinski definition) is 1. The largest absolute Gasteiger partial charge is 0.497 e. The standard InChI is InChI=1S/C25H32N2O5/c1-29-20-14-25-9-5-10-27(25)11-6-16-12-18-19(31-15-30-18)13-17(16)21(25)22(20)32-23(28)24(26)7-3-2-4-8-24/h12-14,21-22H,2-11,15,26H2,1H3/t21-,22-,25+/m1/s1. The number of nitrogens with two attached hydrogens (primary N) is 1. The van der Waals surface area contributed by atoms with E-state index >= 15 is 0 Å². The molecule has 1 spiro atoms. The van der Waals surface area contributed by atoms with Crippen molar-refractivity contribution in [3.05, 3.63) is 35.1 Å². The van der Waals surface area contributed by atoms with Gasteiger partial charge in [0.25, 0.3) is 0 Å². The third kappa shape index (κ3) is 2.90. The fourth-order valence-corrected chi connectivity index (χ4v) is 6.71. The van der Waals surface area contributed by atoms with Crippen molar-refractivity contribution in [2.45, 2.75) is 74.5 Å². The third-order valence-corrected chi connectivity index (χ3v) is 8.35. The van der Waals surface area contributed by atoms with Gasteiger partial charge in [0.15, 0.2) is 17.6 Å². The molecule has 0 unspecified atom stereocenters. The fourth-order valence-electron chi connectivity index (χ4n) is 6.71. The maximum atomic E-state index is 13.4. The quantitative estimate of drug-likeness (QED) is 0.724. The zero-order valence-electron chi connectivity index (χ0n) is 18.7. The summed E-state index contributed by atoms with van der Waals surface area (Å²) in [4.78, 5) is 16.0. The van der Waals surface area contributed by atoms with Gasteiger partial charge in [-0.05, 0) is 68.0 Å². The number of esters is 1. The van der Waals surface area contributed by atoms with Crippen molar-refractivity contribution in [2.24, 2.45) is 5.73 Å². The number of methoxy groups -OCH3 is 1. The van der Waals surface area contributed by atoms with Crippen molar-refractivity contribution in [1.29, 1.82) is 0 Å². The SMILES string of the molecule is COC1=C[C@]23CCCN2CCc2cc4c(cc2[C@@H]3[C@@H]1OC(=O)C1(N)CCCCC1)OCO4. The Morgan fingerprint density at radius 2 is 1.88 bits per heavy atom. The minimum atomic E-state index is -0.898. The van der Waals surface area contributed by atoms with Gasteiger partial charge in [-0.15, -0.1) is 0 Å². The van der Waals surface area contributed by atoms with E-state index < -0.39 is 11.6 Å². The first-order chi connectivity index (χ1) is 15.5. The Labute approximate surface area is 188 Å². The van der Waals surface area contributed by atoms with Gasteiger partial charge in [-0.2, -0.15) is 0 Å². The Morgan fingerprint density at radius 1 is 1.09 bits per heavy atom. The van der Waals surface area contributed by atoms with Crippen molar-refractivity contribution in [3.63, 3.8) is 0 Å². The number of nitrogens with zero attached hydrogens (tertiary/aromatic N) is 1. The van der Waals surface area contributed by atoms with Gasteiger partial charge in [-0.1, -0.05) is 19.3 Å². The maximum Gasteiger partial charge on any atom is 0.326 e. The van der Waals surface area contributed by atoms with Gasteiger partial charge in [0.2, 0.25) is 6.79 Å². The molecular weight excluding hydrogens is 408 g/mol. The molecule has 32 heavy (non-hydrogen) atoms. The van der Waals surface area contributed by atoms with Crippen LogP contribution in [0.2, 0.25) is 0 Å². The van der Waals surface area contributed by atoms with E-state index in [1.165, 1.54) is 11.1 Å². The highest BCUT2D eigenvalue weighted by Gasteiger charge is 2.58. The summed E-state index contributed by atoms with van der Waals surface area (Å²) in [6.45, 7) is 2.24. The van der Waals surface area contributed by atoms with Crippen molar-refractivity contribution in [2.75, 3.05) is 27.0 Å². The van der Waals surface area contributed by atoms with E-state index in [1.54, 1.807) is 7.11 Å². The van der Waals surface area contributed by atoms with Crippen LogP contribution < -0.4 is 15.2 Å². The Balaban J connectivity index is 1.43. The Kier molecular flexibility index (Phi) is 4.70. The van der Waals surface area contributed by atoms with E-state index in [4.69, 9.17) is 24.7 Å². The van der Waals surface area contributed by atoms with Gasteiger partial charge in [0, 0.05) is 6.54 Å². The van der Waals surface area contributed by atoms with Gasteiger partial charge in [-0.25, -0.2) is 0 Å². The van der Waals surface area contributed by atoms with Crippen molar-refractivity contribution in [1.82, 2.24) is 4.90 Å². The minimum absolute atomic E-state index is 0.0527. The molecule has 0 aromatic heterocycles. The second kappa shape index (κ2) is 7.39. The molecule has 2 N–H and O–H groups in total. The number of carbonyl (C=O) groups excluding carboxylic acids is 1. The number of hydrogen-bond acceptors (Lipinski definition) is 7. The van der Waals surface area contributed by atoms with E-state index in [0.717, 1.165) is 68.9 Å². The Bertz CT molecular complexity index is 969. The number of benzene rings is 1. The monoisotopic (exact) mass is 440 g/mol. The molecule has 1 saturated carbocycles. The number of fused-ring (bicyclic) bond motifs is 3. The predicted molar refractivity (Wildman–Crippen MR) is 118 cm³/mol. The molecule has 3 atom stereocenters. The molecule has 3 aliphatic heterocycles. The van der Waals surface area contributed by atoms with E-state index in [9.17, 15) is 4.79 Å². The molecule has 0 bridgehead atoms. The first kappa shape index (κ1) is 20.4. The minimum Gasteiger partial charge on any atom is -0.497 e. The van der Waals surface area contributed by atoms with Crippen LogP contribution >= 0.6 is 0 Å². The van der Waals surface area contributed by atoms with Crippen molar-refractivity contribution in [3.8, 4) is 11.5 Å². The van der Waals surface area contributed by atoms with Crippen LogP contribution in [0.3, 0.4) is 0 Å². The normalized spacial score (nSPS) is 32.4. The Morgan fingerprint density at radius 3 is 2.66 bits per heavy atom. The molecule has 0 radical (unpaired) electrons. The van der Waals surface area contributed by atoms with E-state index in [0.29, 0.717) is 12.8 Å². The molecule has 5 aliphatic rings. The van der Waals surface area contributed by atoms with Crippen molar-refractivity contribution >= 4 is 5.97 Å². The van der Waals surface area contributed by atoms with Crippen LogP contribution in [0, 0.1) is 0 Å². The molecule has 7 nitrogen and oxygen atoms in total. The summed E-state index contributed by atoms with van der Waals surface area (Å²) in [6, 6.07) is 4.22. The number of carbonyl (C=O) groups is 1. The van der Waals surface area contributed by atoms with Gasteiger partial charge >= 0.3 is 5.97 Å². The van der Waals surface area contributed by atoms with Gasteiger partial charge in [0.05, 0.1) is 18.6 Å². The van der Waals surface area contributed by atoms with Crippen LogP contribution in [0.1, 0.15) is 62.0 Å². The molecule has 1 aromatic rings. The van der Waals surface area contributed by atoms with Gasteiger partial charge in [0.1, 0.15) is 11.3 Å². The summed E-state index contributed by atoms with van der Waals surface area (Å²) in [6.07, 6.45) is 9.23.